The monoisotopic (exact) mass is 294 g/mol. The lowest BCUT2D eigenvalue weighted by atomic mass is 10.2. The summed E-state index contributed by atoms with van der Waals surface area (Å²) in [4.78, 5) is 4.24. The van der Waals surface area contributed by atoms with Gasteiger partial charge in [-0.25, -0.2) is 4.98 Å². The van der Waals surface area contributed by atoms with Crippen LogP contribution >= 0.6 is 0 Å². The summed E-state index contributed by atoms with van der Waals surface area (Å²) in [5.41, 5.74) is 0.997. The smallest absolute Gasteiger partial charge is 0.218 e. The second-order valence-electron chi connectivity index (χ2n) is 5.90. The molecule has 0 aliphatic heterocycles. The molecule has 0 bridgehead atoms. The van der Waals surface area contributed by atoms with Crippen molar-refractivity contribution < 1.29 is 14.6 Å². The van der Waals surface area contributed by atoms with Gasteiger partial charge in [-0.2, -0.15) is 0 Å². The van der Waals surface area contributed by atoms with E-state index in [4.69, 9.17) is 9.47 Å². The number of aromatic nitrogens is 1. The van der Waals surface area contributed by atoms with E-state index in [9.17, 15) is 5.11 Å². The Morgan fingerprint density at radius 3 is 2.95 bits per heavy atom. The molecule has 1 heterocycles. The first-order valence-electron chi connectivity index (χ1n) is 7.72. The first-order chi connectivity index (χ1) is 10.1. The number of hydrogen-bond donors (Lipinski definition) is 2. The Morgan fingerprint density at radius 2 is 2.24 bits per heavy atom. The Balaban J connectivity index is 1.67. The maximum absolute atomic E-state index is 9.84. The number of nitrogens with zero attached hydrogens (tertiary/aromatic N) is 1. The number of aliphatic hydroxyl groups is 1. The van der Waals surface area contributed by atoms with Crippen molar-refractivity contribution in [3.8, 4) is 5.88 Å². The van der Waals surface area contributed by atoms with E-state index in [1.54, 1.807) is 6.20 Å². The number of ether oxygens (including phenoxy) is 2. The van der Waals surface area contributed by atoms with Crippen LogP contribution in [0.1, 0.15) is 32.3 Å². The van der Waals surface area contributed by atoms with Crippen molar-refractivity contribution in [1.82, 2.24) is 10.3 Å². The fraction of sp³-hybridized carbons (Fsp3) is 0.688. The molecule has 5 nitrogen and oxygen atoms in total. The molecule has 2 N–H and O–H groups in total. The number of hydrogen-bond acceptors (Lipinski definition) is 5. The predicted octanol–water partition coefficient (Wildman–Crippen LogP) is 1.75. The van der Waals surface area contributed by atoms with E-state index >= 15 is 0 Å². The maximum Gasteiger partial charge on any atom is 0.218 e. The molecular weight excluding hydrogens is 268 g/mol. The van der Waals surface area contributed by atoms with Crippen LogP contribution < -0.4 is 10.1 Å². The molecule has 0 aromatic carbocycles. The van der Waals surface area contributed by atoms with E-state index in [2.05, 4.69) is 10.3 Å². The molecule has 1 aromatic heterocycles. The Labute approximate surface area is 126 Å². The van der Waals surface area contributed by atoms with Crippen molar-refractivity contribution in [3.05, 3.63) is 23.9 Å². The van der Waals surface area contributed by atoms with Gasteiger partial charge in [0, 0.05) is 31.5 Å². The van der Waals surface area contributed by atoms with Crippen molar-refractivity contribution >= 4 is 0 Å². The largest absolute Gasteiger partial charge is 0.475 e. The molecule has 2 rings (SSSR count). The number of nitrogens with one attached hydrogen (secondary N) is 1. The van der Waals surface area contributed by atoms with Gasteiger partial charge in [-0.15, -0.1) is 0 Å². The maximum atomic E-state index is 9.84. The Bertz CT molecular complexity index is 422. The van der Waals surface area contributed by atoms with E-state index < -0.39 is 6.10 Å². The second-order valence-corrected chi connectivity index (χ2v) is 5.90. The highest BCUT2D eigenvalue weighted by Gasteiger charge is 2.21. The van der Waals surface area contributed by atoms with Crippen LogP contribution in [0.25, 0.3) is 0 Å². The van der Waals surface area contributed by atoms with Crippen molar-refractivity contribution in [1.29, 1.82) is 0 Å². The second kappa shape index (κ2) is 8.32. The van der Waals surface area contributed by atoms with E-state index in [1.165, 1.54) is 12.8 Å². The van der Waals surface area contributed by atoms with Crippen molar-refractivity contribution in [2.24, 2.45) is 5.92 Å². The fourth-order valence-corrected chi connectivity index (χ4v) is 1.98. The zero-order chi connectivity index (χ0) is 15.1. The molecule has 1 aromatic rings. The van der Waals surface area contributed by atoms with Gasteiger partial charge < -0.3 is 19.9 Å². The minimum absolute atomic E-state index is 0.0973. The third-order valence-corrected chi connectivity index (χ3v) is 3.25. The Hall–Kier alpha value is -1.17. The summed E-state index contributed by atoms with van der Waals surface area (Å²) in [5.74, 6) is 1.38. The summed E-state index contributed by atoms with van der Waals surface area (Å²) in [7, 11) is 0. The molecule has 0 amide bonds. The van der Waals surface area contributed by atoms with Crippen LogP contribution in [-0.4, -0.2) is 42.1 Å². The molecule has 0 radical (unpaired) electrons. The summed E-state index contributed by atoms with van der Waals surface area (Å²) in [6.07, 6.45) is 3.89. The van der Waals surface area contributed by atoms with Gasteiger partial charge in [-0.1, -0.05) is 6.07 Å². The molecule has 0 saturated heterocycles. The van der Waals surface area contributed by atoms with Crippen molar-refractivity contribution in [2.75, 3.05) is 19.8 Å². The standard InChI is InChI=1S/C16H26N2O3/c1-12(2)21-16-14(4-3-7-18-16)8-17-9-15(19)11-20-10-13-5-6-13/h3-4,7,12-13,15,17,19H,5-6,8-11H2,1-2H3. The molecule has 1 aliphatic carbocycles. The molecule has 118 valence electrons. The van der Waals surface area contributed by atoms with Gasteiger partial charge in [0.2, 0.25) is 5.88 Å². The third-order valence-electron chi connectivity index (χ3n) is 3.25. The number of rotatable bonds is 10. The molecule has 0 spiro atoms. The van der Waals surface area contributed by atoms with Crippen molar-refractivity contribution in [2.45, 2.75) is 45.4 Å². The third kappa shape index (κ3) is 6.42. The van der Waals surface area contributed by atoms with Crippen LogP contribution in [0, 0.1) is 5.92 Å². The van der Waals surface area contributed by atoms with Gasteiger partial charge in [-0.05, 0) is 38.7 Å². The zero-order valence-corrected chi connectivity index (χ0v) is 12.9. The molecule has 1 unspecified atom stereocenters. The zero-order valence-electron chi connectivity index (χ0n) is 12.9. The van der Waals surface area contributed by atoms with Crippen LogP contribution in [0.3, 0.4) is 0 Å². The topological polar surface area (TPSA) is 63.6 Å². The summed E-state index contributed by atoms with van der Waals surface area (Å²) in [5, 5.41) is 13.1. The molecule has 1 aliphatic rings. The van der Waals surface area contributed by atoms with E-state index in [0.717, 1.165) is 18.1 Å². The molecule has 1 atom stereocenters. The molecule has 1 fully saturated rings. The first-order valence-corrected chi connectivity index (χ1v) is 7.72. The van der Waals surface area contributed by atoms with Crippen LogP contribution in [-0.2, 0) is 11.3 Å². The summed E-state index contributed by atoms with van der Waals surface area (Å²) in [6, 6.07) is 3.87. The minimum Gasteiger partial charge on any atom is -0.475 e. The van der Waals surface area contributed by atoms with Crippen LogP contribution in [0.4, 0.5) is 0 Å². The molecule has 5 heteroatoms. The summed E-state index contributed by atoms with van der Waals surface area (Å²) in [6.45, 7) is 6.26. The normalized spacial score (nSPS) is 16.2. The van der Waals surface area contributed by atoms with Gasteiger partial charge in [0.05, 0.1) is 18.8 Å². The lowest BCUT2D eigenvalue weighted by Crippen LogP contribution is -2.30. The lowest BCUT2D eigenvalue weighted by Gasteiger charge is -2.15. The van der Waals surface area contributed by atoms with E-state index in [0.29, 0.717) is 25.6 Å². The van der Waals surface area contributed by atoms with Crippen LogP contribution in [0.2, 0.25) is 0 Å². The van der Waals surface area contributed by atoms with Gasteiger partial charge in [0.15, 0.2) is 0 Å². The Kier molecular flexibility index (Phi) is 6.42. The van der Waals surface area contributed by atoms with Gasteiger partial charge in [0.1, 0.15) is 0 Å². The number of aliphatic hydroxyl groups excluding tert-OH is 1. The Morgan fingerprint density at radius 1 is 1.43 bits per heavy atom. The minimum atomic E-state index is -0.477. The highest BCUT2D eigenvalue weighted by Crippen LogP contribution is 2.28. The van der Waals surface area contributed by atoms with Crippen molar-refractivity contribution in [3.63, 3.8) is 0 Å². The van der Waals surface area contributed by atoms with Gasteiger partial charge in [-0.3, -0.25) is 0 Å². The van der Waals surface area contributed by atoms with Gasteiger partial charge >= 0.3 is 0 Å². The molecular formula is C16H26N2O3. The average Bonchev–Trinajstić information content (AvgIpc) is 3.24. The van der Waals surface area contributed by atoms with Crippen LogP contribution in [0.15, 0.2) is 18.3 Å². The highest BCUT2D eigenvalue weighted by molar-refractivity contribution is 5.25. The highest BCUT2D eigenvalue weighted by atomic mass is 16.5. The summed E-state index contributed by atoms with van der Waals surface area (Å²) < 4.78 is 11.1. The van der Waals surface area contributed by atoms with E-state index in [1.807, 2.05) is 26.0 Å². The SMILES string of the molecule is CC(C)Oc1ncccc1CNCC(O)COCC1CC1. The lowest BCUT2D eigenvalue weighted by molar-refractivity contribution is 0.0324. The number of pyridine rings is 1. The first kappa shape index (κ1) is 16.2. The molecule has 1 saturated carbocycles. The predicted molar refractivity (Wildman–Crippen MR) is 81.3 cm³/mol. The molecule has 21 heavy (non-hydrogen) atoms. The van der Waals surface area contributed by atoms with Crippen LogP contribution in [0.5, 0.6) is 5.88 Å². The quantitative estimate of drug-likeness (QED) is 0.688. The van der Waals surface area contributed by atoms with E-state index in [-0.39, 0.29) is 6.10 Å². The summed E-state index contributed by atoms with van der Waals surface area (Å²) >= 11 is 0. The van der Waals surface area contributed by atoms with Gasteiger partial charge in [0.25, 0.3) is 0 Å². The fourth-order valence-electron chi connectivity index (χ4n) is 1.98. The average molecular weight is 294 g/mol.